The van der Waals surface area contributed by atoms with E-state index >= 15 is 0 Å². The predicted molar refractivity (Wildman–Crippen MR) is 28.1 cm³/mol. The van der Waals surface area contributed by atoms with Gasteiger partial charge in [0.25, 0.3) is 0 Å². The van der Waals surface area contributed by atoms with E-state index in [9.17, 15) is 21.6 Å². The molecule has 9 heteroatoms. The van der Waals surface area contributed by atoms with Gasteiger partial charge in [-0.25, -0.2) is 8.42 Å². The molecule has 0 heterocycles. The summed E-state index contributed by atoms with van der Waals surface area (Å²) < 4.78 is 61.6. The molecule has 62 valence electrons. The van der Waals surface area contributed by atoms with Crippen molar-refractivity contribution in [1.82, 2.24) is 4.13 Å². The second-order valence-corrected chi connectivity index (χ2v) is 3.21. The van der Waals surface area contributed by atoms with Crippen molar-refractivity contribution in [2.75, 3.05) is 0 Å². The number of hydrogen-bond acceptors (Lipinski definition) is 2. The number of halogens is 3. The van der Waals surface area contributed by atoms with Crippen LogP contribution in [0.3, 0.4) is 0 Å². The molecular formula is CH2F3NO3S2. The molecule has 2 unspecified atom stereocenters. The van der Waals surface area contributed by atoms with Gasteiger partial charge in [-0.2, -0.15) is 13.2 Å². The van der Waals surface area contributed by atoms with Crippen molar-refractivity contribution in [3.63, 3.8) is 0 Å². The zero-order chi connectivity index (χ0) is 8.36. The summed E-state index contributed by atoms with van der Waals surface area (Å²) in [6, 6.07) is 0. The summed E-state index contributed by atoms with van der Waals surface area (Å²) in [5.41, 5.74) is -5.00. The van der Waals surface area contributed by atoms with Gasteiger partial charge in [-0.15, -0.1) is 4.13 Å². The SMILES string of the molecule is O=S(O)NS(=O)C(F)(F)F. The van der Waals surface area contributed by atoms with Crippen molar-refractivity contribution >= 4 is 22.3 Å². The third-order valence-electron chi connectivity index (χ3n) is 0.357. The molecule has 0 spiro atoms. The first-order chi connectivity index (χ1) is 4.34. The van der Waals surface area contributed by atoms with E-state index in [4.69, 9.17) is 4.55 Å². The summed E-state index contributed by atoms with van der Waals surface area (Å²) in [4.78, 5) is 0. The molecule has 10 heavy (non-hydrogen) atoms. The molecule has 0 aliphatic rings. The summed E-state index contributed by atoms with van der Waals surface area (Å²) >= 11 is -2.91. The first-order valence-corrected chi connectivity index (χ1v) is 3.95. The number of rotatable bonds is 2. The highest BCUT2D eigenvalue weighted by atomic mass is 32.3. The fraction of sp³-hybridized carbons (Fsp3) is 1.00. The van der Waals surface area contributed by atoms with Crippen LogP contribution in [0.4, 0.5) is 13.2 Å². The molecule has 0 aromatic rings. The van der Waals surface area contributed by atoms with Crippen LogP contribution in [0.15, 0.2) is 0 Å². The van der Waals surface area contributed by atoms with Gasteiger partial charge in [-0.05, 0) is 0 Å². The van der Waals surface area contributed by atoms with E-state index in [0.717, 1.165) is 4.13 Å². The smallest absolute Gasteiger partial charge is 0.293 e. The summed E-state index contributed by atoms with van der Waals surface area (Å²) in [6.45, 7) is 0. The van der Waals surface area contributed by atoms with Crippen LogP contribution in [0.5, 0.6) is 0 Å². The van der Waals surface area contributed by atoms with Gasteiger partial charge >= 0.3 is 5.51 Å². The van der Waals surface area contributed by atoms with Crippen molar-refractivity contribution in [1.29, 1.82) is 0 Å². The van der Waals surface area contributed by atoms with Gasteiger partial charge < -0.3 is 0 Å². The molecule has 0 fully saturated rings. The molecule has 0 aliphatic heterocycles. The molecule has 0 amide bonds. The highest BCUT2D eigenvalue weighted by molar-refractivity contribution is 7.96. The second kappa shape index (κ2) is 3.42. The minimum absolute atomic E-state index is 0.858. The van der Waals surface area contributed by atoms with E-state index in [0.29, 0.717) is 0 Å². The Kier molecular flexibility index (Phi) is 3.42. The van der Waals surface area contributed by atoms with Crippen molar-refractivity contribution in [2.24, 2.45) is 0 Å². The van der Waals surface area contributed by atoms with E-state index in [-0.39, 0.29) is 0 Å². The Hall–Kier alpha value is 0.01000. The fourth-order valence-corrected chi connectivity index (χ4v) is 1.01. The summed E-state index contributed by atoms with van der Waals surface area (Å²) in [5.74, 6) is 0. The molecule has 2 N–H and O–H groups in total. The van der Waals surface area contributed by atoms with E-state index in [1.165, 1.54) is 0 Å². The average molecular weight is 197 g/mol. The topological polar surface area (TPSA) is 66.4 Å². The van der Waals surface area contributed by atoms with Gasteiger partial charge in [-0.3, -0.25) is 4.55 Å². The maximum atomic E-state index is 11.2. The van der Waals surface area contributed by atoms with E-state index < -0.39 is 27.8 Å². The van der Waals surface area contributed by atoms with Gasteiger partial charge in [0.05, 0.1) is 0 Å². The third kappa shape index (κ3) is 3.93. The van der Waals surface area contributed by atoms with Gasteiger partial charge in [0.2, 0.25) is 22.3 Å². The zero-order valence-electron chi connectivity index (χ0n) is 4.21. The van der Waals surface area contributed by atoms with Crippen LogP contribution in [0.1, 0.15) is 0 Å². The van der Waals surface area contributed by atoms with Gasteiger partial charge in [-0.1, -0.05) is 0 Å². The number of nitrogens with one attached hydrogen (secondary N) is 1. The van der Waals surface area contributed by atoms with Crippen LogP contribution in [-0.4, -0.2) is 18.5 Å². The maximum Gasteiger partial charge on any atom is 0.486 e. The largest absolute Gasteiger partial charge is 0.486 e. The molecule has 0 aromatic heterocycles. The van der Waals surface area contributed by atoms with Crippen LogP contribution in [0, 0.1) is 0 Å². The minimum Gasteiger partial charge on any atom is -0.293 e. The van der Waals surface area contributed by atoms with Crippen LogP contribution >= 0.6 is 0 Å². The molecule has 0 aliphatic carbocycles. The quantitative estimate of drug-likeness (QED) is 0.607. The predicted octanol–water partition coefficient (Wildman–Crippen LogP) is -0.104. The highest BCUT2D eigenvalue weighted by Crippen LogP contribution is 2.17. The first-order valence-electron chi connectivity index (χ1n) is 1.70. The van der Waals surface area contributed by atoms with Gasteiger partial charge in [0, 0.05) is 0 Å². The molecule has 0 rings (SSSR count). The standard InChI is InChI=1S/CH2F3NO3S2/c2-1(3,4)9(6)5-10(7)8/h5H,(H,7,8). The second-order valence-electron chi connectivity index (χ2n) is 1.05. The first kappa shape index (κ1) is 10.0. The Morgan fingerprint density at radius 3 is 1.80 bits per heavy atom. The van der Waals surface area contributed by atoms with Crippen molar-refractivity contribution in [3.05, 3.63) is 0 Å². The lowest BCUT2D eigenvalue weighted by atomic mass is 11.6. The van der Waals surface area contributed by atoms with E-state index in [1.807, 2.05) is 0 Å². The Bertz CT molecular complexity index is 166. The van der Waals surface area contributed by atoms with Gasteiger partial charge in [0.15, 0.2) is 0 Å². The normalized spacial score (nSPS) is 18.4. The van der Waals surface area contributed by atoms with Crippen LogP contribution in [0.2, 0.25) is 0 Å². The lowest BCUT2D eigenvalue weighted by Gasteiger charge is -2.02. The number of alkyl halides is 3. The molecule has 0 aromatic carbocycles. The lowest BCUT2D eigenvalue weighted by molar-refractivity contribution is -0.0389. The Labute approximate surface area is 58.8 Å². The lowest BCUT2D eigenvalue weighted by Crippen LogP contribution is -2.30. The monoisotopic (exact) mass is 197 g/mol. The maximum absolute atomic E-state index is 11.2. The van der Waals surface area contributed by atoms with Crippen molar-refractivity contribution < 1.29 is 26.1 Å². The molecular weight excluding hydrogens is 195 g/mol. The molecule has 0 saturated carbocycles. The Balaban J connectivity index is 3.99. The summed E-state index contributed by atoms with van der Waals surface area (Å²) in [5, 5.41) is 0. The molecule has 0 saturated heterocycles. The average Bonchev–Trinajstić information content (AvgIpc) is 1.60. The van der Waals surface area contributed by atoms with Crippen molar-refractivity contribution in [2.45, 2.75) is 5.51 Å². The van der Waals surface area contributed by atoms with Gasteiger partial charge in [0.1, 0.15) is 0 Å². The van der Waals surface area contributed by atoms with E-state index in [2.05, 4.69) is 0 Å². The molecule has 2 atom stereocenters. The Morgan fingerprint density at radius 1 is 1.30 bits per heavy atom. The highest BCUT2D eigenvalue weighted by Gasteiger charge is 2.38. The van der Waals surface area contributed by atoms with E-state index in [1.54, 1.807) is 0 Å². The molecule has 0 radical (unpaired) electrons. The summed E-state index contributed by atoms with van der Waals surface area (Å²) in [6.07, 6.45) is 0. The minimum atomic E-state index is -5.00. The molecule has 0 bridgehead atoms. The van der Waals surface area contributed by atoms with Crippen LogP contribution < -0.4 is 4.13 Å². The van der Waals surface area contributed by atoms with Crippen LogP contribution in [-0.2, 0) is 22.3 Å². The Morgan fingerprint density at radius 2 is 1.70 bits per heavy atom. The van der Waals surface area contributed by atoms with Crippen molar-refractivity contribution in [3.8, 4) is 0 Å². The van der Waals surface area contributed by atoms with Crippen LogP contribution in [0.25, 0.3) is 0 Å². The molecule has 4 nitrogen and oxygen atoms in total. The summed E-state index contributed by atoms with van der Waals surface area (Å²) in [7, 11) is -3.47. The third-order valence-corrected chi connectivity index (χ3v) is 1.95. The zero-order valence-corrected chi connectivity index (χ0v) is 5.85. The number of hydrogen-bond donors (Lipinski definition) is 2. The fourth-order valence-electron chi connectivity index (χ4n) is 0.112.